The SMILES string of the molecule is Cc1cccc(NC(=O)CSc2nc3ccccc3c(=O)n2Cc2ccc(F)cc2)c1C. The Hall–Kier alpha value is -3.45. The van der Waals surface area contributed by atoms with Gasteiger partial charge in [0.15, 0.2) is 5.16 Å². The molecule has 0 spiro atoms. The molecule has 0 radical (unpaired) electrons. The van der Waals surface area contributed by atoms with Crippen molar-refractivity contribution in [2.45, 2.75) is 25.5 Å². The maximum atomic E-state index is 13.3. The standard InChI is InChI=1S/C25H22FN3O2S/c1-16-6-5-9-21(17(16)2)27-23(30)15-32-25-28-22-8-4-3-7-20(22)24(31)29(25)14-18-10-12-19(26)13-11-18/h3-13H,14-15H2,1-2H3,(H,27,30). The monoisotopic (exact) mass is 447 g/mol. The molecule has 0 unspecified atom stereocenters. The molecule has 4 rings (SSSR count). The van der Waals surface area contributed by atoms with E-state index >= 15 is 0 Å². The molecule has 0 bridgehead atoms. The number of halogens is 1. The van der Waals surface area contributed by atoms with Crippen LogP contribution in [0, 0.1) is 19.7 Å². The summed E-state index contributed by atoms with van der Waals surface area (Å²) in [5, 5.41) is 3.87. The second-order valence-electron chi connectivity index (χ2n) is 7.51. The van der Waals surface area contributed by atoms with Gasteiger partial charge in [-0.2, -0.15) is 0 Å². The molecule has 1 N–H and O–H groups in total. The molecule has 0 aliphatic carbocycles. The number of hydrogen-bond donors (Lipinski definition) is 1. The smallest absolute Gasteiger partial charge is 0.262 e. The molecule has 0 aliphatic rings. The summed E-state index contributed by atoms with van der Waals surface area (Å²) < 4.78 is 14.8. The zero-order valence-corrected chi connectivity index (χ0v) is 18.6. The Balaban J connectivity index is 1.61. The molecular weight excluding hydrogens is 425 g/mol. The van der Waals surface area contributed by atoms with Gasteiger partial charge >= 0.3 is 0 Å². The van der Waals surface area contributed by atoms with Crippen LogP contribution < -0.4 is 10.9 Å². The van der Waals surface area contributed by atoms with Gasteiger partial charge < -0.3 is 5.32 Å². The Morgan fingerprint density at radius 3 is 2.56 bits per heavy atom. The number of carbonyl (C=O) groups excluding carboxylic acids is 1. The number of hydrogen-bond acceptors (Lipinski definition) is 4. The molecule has 1 heterocycles. The van der Waals surface area contributed by atoms with E-state index in [-0.39, 0.29) is 29.6 Å². The van der Waals surface area contributed by atoms with E-state index in [0.717, 1.165) is 22.4 Å². The van der Waals surface area contributed by atoms with Crippen molar-refractivity contribution in [3.05, 3.63) is 99.6 Å². The molecule has 4 aromatic rings. The van der Waals surface area contributed by atoms with Crippen molar-refractivity contribution in [3.8, 4) is 0 Å². The highest BCUT2D eigenvalue weighted by Gasteiger charge is 2.14. The fourth-order valence-electron chi connectivity index (χ4n) is 3.37. The fourth-order valence-corrected chi connectivity index (χ4v) is 4.17. The van der Waals surface area contributed by atoms with Gasteiger partial charge in [-0.05, 0) is 60.9 Å². The largest absolute Gasteiger partial charge is 0.325 e. The van der Waals surface area contributed by atoms with Crippen LogP contribution in [0.3, 0.4) is 0 Å². The summed E-state index contributed by atoms with van der Waals surface area (Å²) in [6.45, 7) is 4.19. The fraction of sp³-hybridized carbons (Fsp3) is 0.160. The predicted molar refractivity (Wildman–Crippen MR) is 127 cm³/mol. The van der Waals surface area contributed by atoms with Crippen molar-refractivity contribution in [2.75, 3.05) is 11.1 Å². The van der Waals surface area contributed by atoms with E-state index in [1.165, 1.54) is 28.5 Å². The third-order valence-electron chi connectivity index (χ3n) is 5.29. The molecule has 1 amide bonds. The number of amides is 1. The number of aromatic nitrogens is 2. The van der Waals surface area contributed by atoms with Gasteiger partial charge in [-0.25, -0.2) is 9.37 Å². The average molecular weight is 448 g/mol. The number of aryl methyl sites for hydroxylation is 1. The Morgan fingerprint density at radius 1 is 1.03 bits per heavy atom. The molecule has 1 aromatic heterocycles. The zero-order valence-electron chi connectivity index (χ0n) is 17.8. The summed E-state index contributed by atoms with van der Waals surface area (Å²) in [5.74, 6) is -0.420. The normalized spacial score (nSPS) is 11.0. The van der Waals surface area contributed by atoms with Gasteiger partial charge in [0.25, 0.3) is 5.56 Å². The second kappa shape index (κ2) is 9.36. The Bertz CT molecular complexity index is 1350. The topological polar surface area (TPSA) is 64.0 Å². The molecule has 7 heteroatoms. The van der Waals surface area contributed by atoms with Crippen molar-refractivity contribution in [1.82, 2.24) is 9.55 Å². The lowest BCUT2D eigenvalue weighted by Crippen LogP contribution is -2.25. The number of benzene rings is 3. The number of carbonyl (C=O) groups is 1. The van der Waals surface area contributed by atoms with Crippen LogP contribution in [0.1, 0.15) is 16.7 Å². The van der Waals surface area contributed by atoms with E-state index in [0.29, 0.717) is 16.1 Å². The van der Waals surface area contributed by atoms with Crippen molar-refractivity contribution < 1.29 is 9.18 Å². The summed E-state index contributed by atoms with van der Waals surface area (Å²) in [4.78, 5) is 30.4. The summed E-state index contributed by atoms with van der Waals surface area (Å²) in [6, 6.07) is 18.9. The first kappa shape index (κ1) is 21.8. The first-order chi connectivity index (χ1) is 15.4. The van der Waals surface area contributed by atoms with Gasteiger partial charge in [0, 0.05) is 5.69 Å². The Kier molecular flexibility index (Phi) is 6.37. The van der Waals surface area contributed by atoms with Crippen LogP contribution >= 0.6 is 11.8 Å². The van der Waals surface area contributed by atoms with E-state index in [1.807, 2.05) is 38.1 Å². The minimum atomic E-state index is -0.338. The van der Waals surface area contributed by atoms with E-state index in [1.54, 1.807) is 30.3 Å². The highest BCUT2D eigenvalue weighted by Crippen LogP contribution is 2.21. The van der Waals surface area contributed by atoms with Gasteiger partial charge in [0.1, 0.15) is 5.82 Å². The summed E-state index contributed by atoms with van der Waals surface area (Å²) >= 11 is 1.20. The molecule has 0 saturated carbocycles. The average Bonchev–Trinajstić information content (AvgIpc) is 2.79. The lowest BCUT2D eigenvalue weighted by molar-refractivity contribution is -0.113. The van der Waals surface area contributed by atoms with Gasteiger partial charge in [0.2, 0.25) is 5.91 Å². The summed E-state index contributed by atoms with van der Waals surface area (Å²) in [5.41, 5.74) is 4.03. The molecule has 3 aromatic carbocycles. The number of anilines is 1. The van der Waals surface area contributed by atoms with E-state index in [4.69, 9.17) is 0 Å². The third kappa shape index (κ3) is 4.73. The van der Waals surface area contributed by atoms with Crippen LogP contribution in [0.25, 0.3) is 10.9 Å². The minimum Gasteiger partial charge on any atom is -0.325 e. The van der Waals surface area contributed by atoms with Gasteiger partial charge in [-0.15, -0.1) is 0 Å². The van der Waals surface area contributed by atoms with E-state index < -0.39 is 0 Å². The van der Waals surface area contributed by atoms with E-state index in [2.05, 4.69) is 10.3 Å². The second-order valence-corrected chi connectivity index (χ2v) is 8.46. The molecule has 0 atom stereocenters. The maximum Gasteiger partial charge on any atom is 0.262 e. The molecule has 32 heavy (non-hydrogen) atoms. The van der Waals surface area contributed by atoms with E-state index in [9.17, 15) is 14.0 Å². The minimum absolute atomic E-state index is 0.0988. The molecule has 0 saturated heterocycles. The van der Waals surface area contributed by atoms with Crippen LogP contribution in [-0.2, 0) is 11.3 Å². The number of fused-ring (bicyclic) bond motifs is 1. The number of thioether (sulfide) groups is 1. The highest BCUT2D eigenvalue weighted by molar-refractivity contribution is 7.99. The number of nitrogens with one attached hydrogen (secondary N) is 1. The van der Waals surface area contributed by atoms with Gasteiger partial charge in [0.05, 0.1) is 23.2 Å². The quantitative estimate of drug-likeness (QED) is 0.336. The predicted octanol–water partition coefficient (Wildman–Crippen LogP) is 4.93. The maximum absolute atomic E-state index is 13.3. The lowest BCUT2D eigenvalue weighted by Gasteiger charge is -2.14. The van der Waals surface area contributed by atoms with Crippen molar-refractivity contribution in [1.29, 1.82) is 0 Å². The molecule has 5 nitrogen and oxygen atoms in total. The van der Waals surface area contributed by atoms with Crippen molar-refractivity contribution in [3.63, 3.8) is 0 Å². The zero-order chi connectivity index (χ0) is 22.7. The van der Waals surface area contributed by atoms with Crippen LogP contribution in [0.4, 0.5) is 10.1 Å². The van der Waals surface area contributed by atoms with Crippen molar-refractivity contribution in [2.24, 2.45) is 0 Å². The Morgan fingerprint density at radius 2 is 1.78 bits per heavy atom. The Labute approximate surface area is 189 Å². The third-order valence-corrected chi connectivity index (χ3v) is 6.27. The highest BCUT2D eigenvalue weighted by atomic mass is 32.2. The molecule has 162 valence electrons. The summed E-state index contributed by atoms with van der Waals surface area (Å²) in [6.07, 6.45) is 0. The first-order valence-electron chi connectivity index (χ1n) is 10.2. The van der Waals surface area contributed by atoms with Crippen LogP contribution in [-0.4, -0.2) is 21.2 Å². The number of para-hydroxylation sites is 1. The van der Waals surface area contributed by atoms with Gasteiger partial charge in [-0.1, -0.05) is 48.2 Å². The lowest BCUT2D eigenvalue weighted by atomic mass is 10.1. The first-order valence-corrected chi connectivity index (χ1v) is 11.1. The van der Waals surface area contributed by atoms with Gasteiger partial charge in [-0.3, -0.25) is 14.2 Å². The van der Waals surface area contributed by atoms with Crippen LogP contribution in [0.2, 0.25) is 0 Å². The molecule has 0 aliphatic heterocycles. The number of rotatable bonds is 6. The number of nitrogens with zero attached hydrogens (tertiary/aromatic N) is 2. The van der Waals surface area contributed by atoms with Crippen LogP contribution in [0.5, 0.6) is 0 Å². The molecular formula is C25H22FN3O2S. The van der Waals surface area contributed by atoms with Crippen molar-refractivity contribution >= 4 is 34.3 Å². The van der Waals surface area contributed by atoms with Crippen LogP contribution in [0.15, 0.2) is 76.7 Å². The molecule has 0 fully saturated rings. The summed E-state index contributed by atoms with van der Waals surface area (Å²) in [7, 11) is 0.